The van der Waals surface area contributed by atoms with Crippen molar-refractivity contribution in [1.82, 2.24) is 9.55 Å². The molecule has 0 saturated carbocycles. The van der Waals surface area contributed by atoms with Crippen molar-refractivity contribution in [1.29, 1.82) is 0 Å². The monoisotopic (exact) mass is 284 g/mol. The van der Waals surface area contributed by atoms with Crippen LogP contribution < -0.4 is 5.69 Å². The quantitative estimate of drug-likeness (QED) is 0.890. The second-order valence-electron chi connectivity index (χ2n) is 4.97. The Morgan fingerprint density at radius 2 is 2.21 bits per heavy atom. The Balaban J connectivity index is 1.97. The van der Waals surface area contributed by atoms with Gasteiger partial charge in [0.05, 0.1) is 22.5 Å². The molecule has 3 rings (SSSR count). The highest BCUT2D eigenvalue weighted by Crippen LogP contribution is 2.21. The van der Waals surface area contributed by atoms with E-state index in [1.807, 2.05) is 0 Å². The fourth-order valence-electron chi connectivity index (χ4n) is 2.59. The third-order valence-corrected chi connectivity index (χ3v) is 5.34. The Morgan fingerprint density at radius 1 is 1.42 bits per heavy atom. The lowest BCUT2D eigenvalue weighted by Gasteiger charge is -2.08. The van der Waals surface area contributed by atoms with Crippen molar-refractivity contribution in [2.45, 2.75) is 13.0 Å². The van der Waals surface area contributed by atoms with Gasteiger partial charge in [-0.3, -0.25) is 4.57 Å². The van der Waals surface area contributed by atoms with E-state index in [0.717, 1.165) is 0 Å². The summed E-state index contributed by atoms with van der Waals surface area (Å²) in [5.74, 6) is -0.160. The largest absolute Gasteiger partial charge is 0.326 e. The summed E-state index contributed by atoms with van der Waals surface area (Å²) in [5.41, 5.74) is 0.714. The van der Waals surface area contributed by atoms with Gasteiger partial charge in [0.1, 0.15) is 5.82 Å². The molecular weight excluding hydrogens is 271 g/mol. The standard InChI is InChI=1S/C12H13FN2O3S/c13-9-1-2-11-10(5-9)14-12(16)15(11)6-8-3-4-19(17,18)7-8/h1-2,5,8H,3-4,6-7H2,(H,14,16). The summed E-state index contributed by atoms with van der Waals surface area (Å²) >= 11 is 0. The van der Waals surface area contributed by atoms with Crippen LogP contribution in [-0.4, -0.2) is 29.5 Å². The van der Waals surface area contributed by atoms with Gasteiger partial charge in [-0.1, -0.05) is 0 Å². The van der Waals surface area contributed by atoms with E-state index in [0.29, 0.717) is 24.0 Å². The van der Waals surface area contributed by atoms with E-state index in [4.69, 9.17) is 0 Å². The number of benzene rings is 1. The molecule has 1 unspecified atom stereocenters. The molecule has 1 aromatic carbocycles. The fraction of sp³-hybridized carbons (Fsp3) is 0.417. The molecule has 2 aromatic rings. The Labute approximate surface area is 109 Å². The number of nitrogens with zero attached hydrogens (tertiary/aromatic N) is 1. The van der Waals surface area contributed by atoms with Gasteiger partial charge in [0.15, 0.2) is 9.84 Å². The molecule has 0 spiro atoms. The maximum absolute atomic E-state index is 13.1. The topological polar surface area (TPSA) is 71.9 Å². The highest BCUT2D eigenvalue weighted by molar-refractivity contribution is 7.91. The number of aromatic nitrogens is 2. The van der Waals surface area contributed by atoms with Crippen LogP contribution in [0.2, 0.25) is 0 Å². The maximum Gasteiger partial charge on any atom is 0.326 e. The zero-order valence-electron chi connectivity index (χ0n) is 10.1. The lowest BCUT2D eigenvalue weighted by molar-refractivity contribution is 0.490. The highest BCUT2D eigenvalue weighted by atomic mass is 32.2. The SMILES string of the molecule is O=c1[nH]c2cc(F)ccc2n1CC1CCS(=O)(=O)C1. The summed E-state index contributed by atoms with van der Waals surface area (Å²) in [6, 6.07) is 4.09. The number of aromatic amines is 1. The van der Waals surface area contributed by atoms with E-state index >= 15 is 0 Å². The minimum Gasteiger partial charge on any atom is -0.305 e. The Morgan fingerprint density at radius 3 is 2.89 bits per heavy atom. The molecule has 1 fully saturated rings. The summed E-state index contributed by atoms with van der Waals surface area (Å²) in [4.78, 5) is 14.4. The molecule has 5 nitrogen and oxygen atoms in total. The fourth-order valence-corrected chi connectivity index (χ4v) is 4.44. The predicted octanol–water partition coefficient (Wildman–Crippen LogP) is 0.903. The molecule has 19 heavy (non-hydrogen) atoms. The van der Waals surface area contributed by atoms with E-state index in [1.165, 1.54) is 22.8 Å². The first-order chi connectivity index (χ1) is 8.94. The Kier molecular flexibility index (Phi) is 2.74. The van der Waals surface area contributed by atoms with Gasteiger partial charge in [0.2, 0.25) is 0 Å². The van der Waals surface area contributed by atoms with E-state index in [1.54, 1.807) is 0 Å². The molecular formula is C12H13FN2O3S. The number of nitrogens with one attached hydrogen (secondary N) is 1. The molecule has 0 radical (unpaired) electrons. The second-order valence-corrected chi connectivity index (χ2v) is 7.20. The zero-order chi connectivity index (χ0) is 13.6. The third-order valence-electron chi connectivity index (χ3n) is 3.50. The minimum atomic E-state index is -2.96. The molecule has 0 bridgehead atoms. The van der Waals surface area contributed by atoms with Crippen LogP contribution >= 0.6 is 0 Å². The first-order valence-corrected chi connectivity index (χ1v) is 7.85. The van der Waals surface area contributed by atoms with Crippen LogP contribution in [0.5, 0.6) is 0 Å². The van der Waals surface area contributed by atoms with Crippen LogP contribution in [0.25, 0.3) is 11.0 Å². The number of rotatable bonds is 2. The van der Waals surface area contributed by atoms with E-state index in [9.17, 15) is 17.6 Å². The van der Waals surface area contributed by atoms with Crippen molar-refractivity contribution < 1.29 is 12.8 Å². The maximum atomic E-state index is 13.1. The van der Waals surface area contributed by atoms with Gasteiger partial charge in [-0.2, -0.15) is 0 Å². The van der Waals surface area contributed by atoms with E-state index in [2.05, 4.69) is 4.98 Å². The van der Waals surface area contributed by atoms with Crippen molar-refractivity contribution in [3.05, 3.63) is 34.5 Å². The molecule has 102 valence electrons. The van der Waals surface area contributed by atoms with Crippen molar-refractivity contribution in [2.24, 2.45) is 5.92 Å². The molecule has 2 heterocycles. The summed E-state index contributed by atoms with van der Waals surface area (Å²) in [7, 11) is -2.96. The Hall–Kier alpha value is -1.63. The number of sulfone groups is 1. The highest BCUT2D eigenvalue weighted by Gasteiger charge is 2.28. The third kappa shape index (κ3) is 2.30. The molecule has 1 aliphatic rings. The van der Waals surface area contributed by atoms with Crippen LogP contribution in [0.1, 0.15) is 6.42 Å². The average molecular weight is 284 g/mol. The predicted molar refractivity (Wildman–Crippen MR) is 69.3 cm³/mol. The van der Waals surface area contributed by atoms with Crippen molar-refractivity contribution >= 4 is 20.9 Å². The van der Waals surface area contributed by atoms with Crippen LogP contribution in [0, 0.1) is 11.7 Å². The van der Waals surface area contributed by atoms with Crippen LogP contribution in [0.4, 0.5) is 4.39 Å². The second kappa shape index (κ2) is 4.19. The van der Waals surface area contributed by atoms with Gasteiger partial charge in [-0.15, -0.1) is 0 Å². The van der Waals surface area contributed by atoms with Crippen LogP contribution in [0.15, 0.2) is 23.0 Å². The summed E-state index contributed by atoms with van der Waals surface area (Å²) in [6.07, 6.45) is 0.572. The molecule has 1 aliphatic heterocycles. The van der Waals surface area contributed by atoms with Crippen LogP contribution in [0.3, 0.4) is 0 Å². The number of halogens is 1. The summed E-state index contributed by atoms with van der Waals surface area (Å²) in [5, 5.41) is 0. The molecule has 0 amide bonds. The molecule has 0 aliphatic carbocycles. The van der Waals surface area contributed by atoms with E-state index < -0.39 is 15.7 Å². The molecule has 1 saturated heterocycles. The molecule has 7 heteroatoms. The van der Waals surface area contributed by atoms with Crippen molar-refractivity contribution in [2.75, 3.05) is 11.5 Å². The van der Waals surface area contributed by atoms with E-state index in [-0.39, 0.29) is 23.1 Å². The number of imidazole rings is 1. The van der Waals surface area contributed by atoms with Crippen LogP contribution in [-0.2, 0) is 16.4 Å². The summed E-state index contributed by atoms with van der Waals surface area (Å²) < 4.78 is 37.4. The lowest BCUT2D eigenvalue weighted by Crippen LogP contribution is -2.22. The summed E-state index contributed by atoms with van der Waals surface area (Å²) in [6.45, 7) is 0.351. The smallest absolute Gasteiger partial charge is 0.305 e. The molecule has 1 aromatic heterocycles. The minimum absolute atomic E-state index is 0.0493. The first-order valence-electron chi connectivity index (χ1n) is 6.03. The first kappa shape index (κ1) is 12.4. The van der Waals surface area contributed by atoms with Crippen molar-refractivity contribution in [3.8, 4) is 0 Å². The van der Waals surface area contributed by atoms with Gasteiger partial charge in [0.25, 0.3) is 0 Å². The molecule has 1 atom stereocenters. The number of fused-ring (bicyclic) bond motifs is 1. The van der Waals surface area contributed by atoms with Gasteiger partial charge in [0, 0.05) is 6.54 Å². The van der Waals surface area contributed by atoms with Gasteiger partial charge in [-0.05, 0) is 30.5 Å². The normalized spacial score (nSPS) is 22.1. The van der Waals surface area contributed by atoms with Gasteiger partial charge < -0.3 is 4.98 Å². The number of hydrogen-bond acceptors (Lipinski definition) is 3. The Bertz CT molecular complexity index is 791. The molecule has 1 N–H and O–H groups in total. The lowest BCUT2D eigenvalue weighted by atomic mass is 10.1. The van der Waals surface area contributed by atoms with Crippen molar-refractivity contribution in [3.63, 3.8) is 0 Å². The number of H-pyrrole nitrogens is 1. The van der Waals surface area contributed by atoms with Gasteiger partial charge >= 0.3 is 5.69 Å². The zero-order valence-corrected chi connectivity index (χ0v) is 10.9. The average Bonchev–Trinajstić information content (AvgIpc) is 2.80. The number of hydrogen-bond donors (Lipinski definition) is 1. The van der Waals surface area contributed by atoms with Gasteiger partial charge in [-0.25, -0.2) is 17.6 Å².